The van der Waals surface area contributed by atoms with Crippen molar-refractivity contribution >= 4 is 0 Å². The minimum absolute atomic E-state index is 0.600. The van der Waals surface area contributed by atoms with Gasteiger partial charge in [-0.05, 0) is 43.7 Å². The molecule has 0 bridgehead atoms. The molecule has 0 spiro atoms. The summed E-state index contributed by atoms with van der Waals surface area (Å²) in [5.74, 6) is 0.980. The maximum atomic E-state index is 3.54. The Labute approximate surface area is 94.4 Å². The van der Waals surface area contributed by atoms with Crippen LogP contribution >= 0.6 is 0 Å². The Hall–Kier alpha value is -0.0800. The SMILES string of the molecule is CCC1CCN(CC2(CC)CCNC2)C1. The molecule has 0 aromatic rings. The Bertz CT molecular complexity index is 197. The third-order valence-electron chi connectivity index (χ3n) is 4.59. The van der Waals surface area contributed by atoms with Crippen LogP contribution in [0.3, 0.4) is 0 Å². The molecule has 0 aromatic heterocycles. The van der Waals surface area contributed by atoms with Crippen LogP contribution in [0.5, 0.6) is 0 Å². The summed E-state index contributed by atoms with van der Waals surface area (Å²) in [6.07, 6.45) is 5.53. The predicted molar refractivity (Wildman–Crippen MR) is 65.0 cm³/mol. The van der Waals surface area contributed by atoms with Crippen molar-refractivity contribution in [3.05, 3.63) is 0 Å². The van der Waals surface area contributed by atoms with Gasteiger partial charge in [0, 0.05) is 19.6 Å². The quantitative estimate of drug-likeness (QED) is 0.764. The Morgan fingerprint density at radius 2 is 2.27 bits per heavy atom. The van der Waals surface area contributed by atoms with Crippen LogP contribution < -0.4 is 5.32 Å². The summed E-state index contributed by atoms with van der Waals surface area (Å²) in [6, 6.07) is 0. The van der Waals surface area contributed by atoms with Gasteiger partial charge in [0.15, 0.2) is 0 Å². The number of nitrogens with one attached hydrogen (secondary N) is 1. The number of hydrogen-bond acceptors (Lipinski definition) is 2. The highest BCUT2D eigenvalue weighted by Gasteiger charge is 2.35. The Morgan fingerprint density at radius 3 is 2.80 bits per heavy atom. The molecule has 88 valence electrons. The van der Waals surface area contributed by atoms with Gasteiger partial charge in [-0.1, -0.05) is 20.3 Å². The first-order valence-electron chi connectivity index (χ1n) is 6.71. The van der Waals surface area contributed by atoms with Gasteiger partial charge in [0.2, 0.25) is 0 Å². The standard InChI is InChI=1S/C13H26N2/c1-3-12-5-8-15(9-12)11-13(4-2)6-7-14-10-13/h12,14H,3-11H2,1-2H3. The number of hydrogen-bond donors (Lipinski definition) is 1. The Kier molecular flexibility index (Phi) is 3.68. The van der Waals surface area contributed by atoms with Crippen LogP contribution in [0.2, 0.25) is 0 Å². The molecule has 0 amide bonds. The van der Waals surface area contributed by atoms with E-state index >= 15 is 0 Å². The summed E-state index contributed by atoms with van der Waals surface area (Å²) in [5, 5.41) is 3.54. The van der Waals surface area contributed by atoms with E-state index in [2.05, 4.69) is 24.1 Å². The molecular weight excluding hydrogens is 184 g/mol. The van der Waals surface area contributed by atoms with Gasteiger partial charge < -0.3 is 10.2 Å². The summed E-state index contributed by atoms with van der Waals surface area (Å²) in [4.78, 5) is 2.71. The molecule has 0 aliphatic carbocycles. The number of nitrogens with zero attached hydrogens (tertiary/aromatic N) is 1. The fourth-order valence-corrected chi connectivity index (χ4v) is 3.21. The van der Waals surface area contributed by atoms with Crippen molar-refractivity contribution in [1.29, 1.82) is 0 Å². The second-order valence-corrected chi connectivity index (χ2v) is 5.58. The Balaban J connectivity index is 1.85. The van der Waals surface area contributed by atoms with Crippen molar-refractivity contribution in [2.24, 2.45) is 11.3 Å². The lowest BCUT2D eigenvalue weighted by molar-refractivity contribution is 0.180. The monoisotopic (exact) mass is 210 g/mol. The van der Waals surface area contributed by atoms with Crippen molar-refractivity contribution in [2.45, 2.75) is 39.5 Å². The summed E-state index contributed by atoms with van der Waals surface area (Å²) < 4.78 is 0. The van der Waals surface area contributed by atoms with Gasteiger partial charge in [-0.25, -0.2) is 0 Å². The second kappa shape index (κ2) is 4.84. The van der Waals surface area contributed by atoms with Crippen molar-refractivity contribution in [1.82, 2.24) is 10.2 Å². The largest absolute Gasteiger partial charge is 0.316 e. The van der Waals surface area contributed by atoms with E-state index in [1.807, 2.05) is 0 Å². The molecule has 2 unspecified atom stereocenters. The van der Waals surface area contributed by atoms with E-state index < -0.39 is 0 Å². The molecule has 2 heteroatoms. The first kappa shape index (κ1) is 11.4. The van der Waals surface area contributed by atoms with E-state index in [-0.39, 0.29) is 0 Å². The molecule has 2 nitrogen and oxygen atoms in total. The van der Waals surface area contributed by atoms with Gasteiger partial charge >= 0.3 is 0 Å². The average molecular weight is 210 g/mol. The first-order chi connectivity index (χ1) is 7.28. The first-order valence-corrected chi connectivity index (χ1v) is 6.71. The zero-order valence-corrected chi connectivity index (χ0v) is 10.4. The van der Waals surface area contributed by atoms with Crippen LogP contribution in [0, 0.1) is 11.3 Å². The lowest BCUT2D eigenvalue weighted by Crippen LogP contribution is -2.37. The maximum Gasteiger partial charge on any atom is 0.00506 e. The smallest absolute Gasteiger partial charge is 0.00506 e. The van der Waals surface area contributed by atoms with Gasteiger partial charge in [-0.2, -0.15) is 0 Å². The number of rotatable bonds is 4. The second-order valence-electron chi connectivity index (χ2n) is 5.58. The molecule has 2 saturated heterocycles. The molecule has 2 heterocycles. The minimum atomic E-state index is 0.600. The van der Waals surface area contributed by atoms with E-state index in [1.165, 1.54) is 58.4 Å². The van der Waals surface area contributed by atoms with Crippen LogP contribution in [-0.2, 0) is 0 Å². The lowest BCUT2D eigenvalue weighted by Gasteiger charge is -2.32. The van der Waals surface area contributed by atoms with E-state index in [4.69, 9.17) is 0 Å². The van der Waals surface area contributed by atoms with E-state index in [9.17, 15) is 0 Å². The Morgan fingerprint density at radius 1 is 1.40 bits per heavy atom. The third-order valence-corrected chi connectivity index (χ3v) is 4.59. The molecule has 15 heavy (non-hydrogen) atoms. The molecule has 2 aliphatic heterocycles. The molecule has 0 saturated carbocycles. The molecule has 0 aromatic carbocycles. The highest BCUT2D eigenvalue weighted by molar-refractivity contribution is 4.91. The molecule has 2 fully saturated rings. The van der Waals surface area contributed by atoms with Gasteiger partial charge in [0.1, 0.15) is 0 Å². The van der Waals surface area contributed by atoms with Crippen molar-refractivity contribution < 1.29 is 0 Å². The van der Waals surface area contributed by atoms with Crippen LogP contribution in [0.25, 0.3) is 0 Å². The van der Waals surface area contributed by atoms with Crippen molar-refractivity contribution in [3.63, 3.8) is 0 Å². The zero-order chi connectivity index (χ0) is 10.7. The van der Waals surface area contributed by atoms with Crippen LogP contribution in [0.4, 0.5) is 0 Å². The molecule has 1 N–H and O–H groups in total. The van der Waals surface area contributed by atoms with Crippen molar-refractivity contribution in [2.75, 3.05) is 32.7 Å². The molecular formula is C13H26N2. The highest BCUT2D eigenvalue weighted by Crippen LogP contribution is 2.32. The van der Waals surface area contributed by atoms with Crippen molar-refractivity contribution in [3.8, 4) is 0 Å². The van der Waals surface area contributed by atoms with Crippen LogP contribution in [0.1, 0.15) is 39.5 Å². The van der Waals surface area contributed by atoms with Crippen LogP contribution in [-0.4, -0.2) is 37.6 Å². The van der Waals surface area contributed by atoms with Gasteiger partial charge in [-0.15, -0.1) is 0 Å². The number of likely N-dealkylation sites (tertiary alicyclic amines) is 1. The fourth-order valence-electron chi connectivity index (χ4n) is 3.21. The zero-order valence-electron chi connectivity index (χ0n) is 10.4. The summed E-state index contributed by atoms with van der Waals surface area (Å²) in [7, 11) is 0. The summed E-state index contributed by atoms with van der Waals surface area (Å²) in [5.41, 5.74) is 0.600. The molecule has 2 aliphatic rings. The molecule has 0 radical (unpaired) electrons. The topological polar surface area (TPSA) is 15.3 Å². The lowest BCUT2D eigenvalue weighted by atomic mass is 9.84. The summed E-state index contributed by atoms with van der Waals surface area (Å²) in [6.45, 7) is 11.2. The minimum Gasteiger partial charge on any atom is -0.316 e. The fraction of sp³-hybridized carbons (Fsp3) is 1.00. The van der Waals surface area contributed by atoms with Gasteiger partial charge in [0.25, 0.3) is 0 Å². The molecule has 2 atom stereocenters. The van der Waals surface area contributed by atoms with E-state index in [1.54, 1.807) is 0 Å². The molecule has 2 rings (SSSR count). The van der Waals surface area contributed by atoms with E-state index in [0.29, 0.717) is 5.41 Å². The summed E-state index contributed by atoms with van der Waals surface area (Å²) >= 11 is 0. The van der Waals surface area contributed by atoms with Crippen LogP contribution in [0.15, 0.2) is 0 Å². The predicted octanol–water partition coefficient (Wildman–Crippen LogP) is 2.11. The van der Waals surface area contributed by atoms with Gasteiger partial charge in [-0.3, -0.25) is 0 Å². The third kappa shape index (κ3) is 2.54. The normalized spacial score (nSPS) is 37.6. The average Bonchev–Trinajstić information content (AvgIpc) is 2.88. The highest BCUT2D eigenvalue weighted by atomic mass is 15.2. The van der Waals surface area contributed by atoms with E-state index in [0.717, 1.165) is 5.92 Å². The maximum absolute atomic E-state index is 3.54. The van der Waals surface area contributed by atoms with Gasteiger partial charge in [0.05, 0.1) is 0 Å².